The van der Waals surface area contributed by atoms with Crippen LogP contribution in [-0.2, 0) is 21.2 Å². The van der Waals surface area contributed by atoms with Crippen molar-refractivity contribution in [1.82, 2.24) is 10.2 Å². The quantitative estimate of drug-likeness (QED) is 0.687. The number of halogens is 2. The molecule has 5 nitrogen and oxygen atoms in total. The molecule has 0 atom stereocenters. The van der Waals surface area contributed by atoms with E-state index in [2.05, 4.69) is 10.2 Å². The molecule has 8 heteroatoms. The molecule has 0 aliphatic carbocycles. The summed E-state index contributed by atoms with van der Waals surface area (Å²) in [7, 11) is -3.50. The van der Waals surface area contributed by atoms with Gasteiger partial charge in [-0.15, -0.1) is 0 Å². The van der Waals surface area contributed by atoms with E-state index < -0.39 is 9.84 Å². The third kappa shape index (κ3) is 6.71. The molecule has 1 aliphatic heterocycles. The van der Waals surface area contributed by atoms with Gasteiger partial charge in [-0.3, -0.25) is 9.69 Å². The van der Waals surface area contributed by atoms with Gasteiger partial charge in [0.1, 0.15) is 0 Å². The molecular formula is C21H24Cl2N2O3S. The Balaban J connectivity index is 1.41. The smallest absolute Gasteiger partial charge is 0.221 e. The van der Waals surface area contributed by atoms with Gasteiger partial charge in [-0.1, -0.05) is 35.3 Å². The minimum absolute atomic E-state index is 0.0457. The van der Waals surface area contributed by atoms with E-state index in [0.29, 0.717) is 5.02 Å². The third-order valence-electron chi connectivity index (χ3n) is 5.04. The number of sulfone groups is 1. The van der Waals surface area contributed by atoms with Crippen LogP contribution in [0.3, 0.4) is 0 Å². The van der Waals surface area contributed by atoms with E-state index in [9.17, 15) is 13.2 Å². The lowest BCUT2D eigenvalue weighted by molar-refractivity contribution is -0.121. The molecule has 1 N–H and O–H groups in total. The minimum atomic E-state index is -3.50. The second-order valence-corrected chi connectivity index (χ2v) is 10.2. The first-order valence-corrected chi connectivity index (χ1v) is 12.0. The Kier molecular flexibility index (Phi) is 7.57. The minimum Gasteiger partial charge on any atom is -0.353 e. The number of rotatable bonds is 7. The molecule has 1 saturated heterocycles. The summed E-state index contributed by atoms with van der Waals surface area (Å²) in [4.78, 5) is 14.8. The predicted molar refractivity (Wildman–Crippen MR) is 116 cm³/mol. The zero-order chi connectivity index (χ0) is 20.9. The largest absolute Gasteiger partial charge is 0.353 e. The van der Waals surface area contributed by atoms with Crippen LogP contribution in [0.5, 0.6) is 0 Å². The standard InChI is InChI=1S/C21H24Cl2N2O3S/c22-17-3-1-16(2-4-17)15-25-12-9-19(10-13-25)24-21(26)11-14-29(27,28)20-7-5-18(23)6-8-20/h1-8,19H,9-15H2,(H,24,26). The number of piperidine rings is 1. The van der Waals surface area contributed by atoms with Crippen LogP contribution in [0.15, 0.2) is 53.4 Å². The Bertz CT molecular complexity index is 923. The number of hydrogen-bond donors (Lipinski definition) is 1. The van der Waals surface area contributed by atoms with Crippen molar-refractivity contribution in [2.45, 2.75) is 36.7 Å². The van der Waals surface area contributed by atoms with Crippen molar-refractivity contribution in [3.63, 3.8) is 0 Å². The molecule has 1 amide bonds. The summed E-state index contributed by atoms with van der Waals surface area (Å²) in [6, 6.07) is 13.9. The SMILES string of the molecule is O=C(CCS(=O)(=O)c1ccc(Cl)cc1)NC1CCN(Cc2ccc(Cl)cc2)CC1. The highest BCUT2D eigenvalue weighted by molar-refractivity contribution is 7.91. The number of amides is 1. The van der Waals surface area contributed by atoms with Crippen LogP contribution >= 0.6 is 23.2 Å². The normalized spacial score (nSPS) is 15.9. The van der Waals surface area contributed by atoms with Gasteiger partial charge in [0.2, 0.25) is 5.91 Å². The molecule has 0 spiro atoms. The lowest BCUT2D eigenvalue weighted by Gasteiger charge is -2.32. The fourth-order valence-electron chi connectivity index (χ4n) is 3.37. The Morgan fingerprint density at radius 3 is 2.10 bits per heavy atom. The molecule has 0 radical (unpaired) electrons. The lowest BCUT2D eigenvalue weighted by Crippen LogP contribution is -2.44. The van der Waals surface area contributed by atoms with Gasteiger partial charge >= 0.3 is 0 Å². The summed E-state index contributed by atoms with van der Waals surface area (Å²) < 4.78 is 24.7. The number of carbonyl (C=O) groups excluding carboxylic acids is 1. The van der Waals surface area contributed by atoms with Crippen LogP contribution in [0.1, 0.15) is 24.8 Å². The Labute approximate surface area is 181 Å². The molecule has 29 heavy (non-hydrogen) atoms. The maximum Gasteiger partial charge on any atom is 0.221 e. The van der Waals surface area contributed by atoms with Crippen molar-refractivity contribution in [2.24, 2.45) is 0 Å². The van der Waals surface area contributed by atoms with Crippen LogP contribution in [0, 0.1) is 0 Å². The van der Waals surface area contributed by atoms with Gasteiger partial charge in [-0.25, -0.2) is 8.42 Å². The summed E-state index contributed by atoms with van der Waals surface area (Å²) >= 11 is 11.7. The van der Waals surface area contributed by atoms with Gasteiger partial charge in [0.05, 0.1) is 10.6 Å². The Hall–Kier alpha value is -1.60. The molecule has 2 aromatic carbocycles. The van der Waals surface area contributed by atoms with Gasteiger partial charge in [0.25, 0.3) is 0 Å². The summed E-state index contributed by atoms with van der Waals surface area (Å²) in [5.41, 5.74) is 1.21. The lowest BCUT2D eigenvalue weighted by atomic mass is 10.0. The monoisotopic (exact) mass is 454 g/mol. The molecular weight excluding hydrogens is 431 g/mol. The number of hydrogen-bond acceptors (Lipinski definition) is 4. The first kappa shape index (κ1) is 22.1. The molecule has 0 unspecified atom stereocenters. The highest BCUT2D eigenvalue weighted by Crippen LogP contribution is 2.18. The zero-order valence-corrected chi connectivity index (χ0v) is 18.3. The number of carbonyl (C=O) groups is 1. The summed E-state index contributed by atoms with van der Waals surface area (Å²) in [6.07, 6.45) is 1.66. The second kappa shape index (κ2) is 9.94. The van der Waals surface area contributed by atoms with Crippen LogP contribution in [0.2, 0.25) is 10.0 Å². The number of benzene rings is 2. The topological polar surface area (TPSA) is 66.5 Å². The van der Waals surface area contributed by atoms with Gasteiger partial charge in [-0.2, -0.15) is 0 Å². The molecule has 1 aliphatic rings. The molecule has 3 rings (SSSR count). The fourth-order valence-corrected chi connectivity index (χ4v) is 4.86. The Morgan fingerprint density at radius 2 is 1.52 bits per heavy atom. The Morgan fingerprint density at radius 1 is 0.966 bits per heavy atom. The third-order valence-corrected chi connectivity index (χ3v) is 7.28. The second-order valence-electron chi connectivity index (χ2n) is 7.27. The van der Waals surface area contributed by atoms with Gasteiger partial charge < -0.3 is 5.32 Å². The molecule has 0 aromatic heterocycles. The van der Waals surface area contributed by atoms with Gasteiger partial charge in [-0.05, 0) is 54.8 Å². The average molecular weight is 455 g/mol. The van der Waals surface area contributed by atoms with Crippen molar-refractivity contribution in [3.8, 4) is 0 Å². The molecule has 156 valence electrons. The first-order valence-electron chi connectivity index (χ1n) is 9.56. The molecule has 2 aromatic rings. The van der Waals surface area contributed by atoms with Crippen LogP contribution in [-0.4, -0.2) is 44.1 Å². The molecule has 0 saturated carbocycles. The van der Waals surface area contributed by atoms with E-state index >= 15 is 0 Å². The van der Waals surface area contributed by atoms with Crippen molar-refractivity contribution in [1.29, 1.82) is 0 Å². The summed E-state index contributed by atoms with van der Waals surface area (Å²) in [6.45, 7) is 2.63. The van der Waals surface area contributed by atoms with Crippen LogP contribution in [0.25, 0.3) is 0 Å². The zero-order valence-electron chi connectivity index (χ0n) is 16.0. The van der Waals surface area contributed by atoms with E-state index in [1.54, 1.807) is 0 Å². The predicted octanol–water partition coefficient (Wildman–Crippen LogP) is 3.94. The summed E-state index contributed by atoms with van der Waals surface area (Å²) in [5.74, 6) is -0.436. The van der Waals surface area contributed by atoms with Crippen molar-refractivity contribution >= 4 is 38.9 Å². The van der Waals surface area contributed by atoms with E-state index in [1.165, 1.54) is 29.8 Å². The summed E-state index contributed by atoms with van der Waals surface area (Å²) in [5, 5.41) is 4.18. The van der Waals surface area contributed by atoms with E-state index in [4.69, 9.17) is 23.2 Å². The molecule has 1 fully saturated rings. The highest BCUT2D eigenvalue weighted by Gasteiger charge is 2.22. The van der Waals surface area contributed by atoms with E-state index in [-0.39, 0.29) is 29.0 Å². The van der Waals surface area contributed by atoms with E-state index in [0.717, 1.165) is 37.5 Å². The number of nitrogens with zero attached hydrogens (tertiary/aromatic N) is 1. The average Bonchev–Trinajstić information content (AvgIpc) is 2.70. The number of nitrogens with one attached hydrogen (secondary N) is 1. The van der Waals surface area contributed by atoms with Crippen molar-refractivity contribution < 1.29 is 13.2 Å². The first-order chi connectivity index (χ1) is 13.8. The van der Waals surface area contributed by atoms with E-state index in [1.807, 2.05) is 24.3 Å². The highest BCUT2D eigenvalue weighted by atomic mass is 35.5. The van der Waals surface area contributed by atoms with Gasteiger partial charge in [0, 0.05) is 42.1 Å². The fraction of sp³-hybridized carbons (Fsp3) is 0.381. The number of likely N-dealkylation sites (tertiary alicyclic amines) is 1. The van der Waals surface area contributed by atoms with Crippen molar-refractivity contribution in [3.05, 3.63) is 64.1 Å². The maximum atomic E-state index is 12.3. The van der Waals surface area contributed by atoms with Gasteiger partial charge in [0.15, 0.2) is 9.84 Å². The van der Waals surface area contributed by atoms with Crippen LogP contribution in [0.4, 0.5) is 0 Å². The van der Waals surface area contributed by atoms with Crippen molar-refractivity contribution in [2.75, 3.05) is 18.8 Å². The maximum absolute atomic E-state index is 12.3. The molecule has 0 bridgehead atoms. The van der Waals surface area contributed by atoms with Crippen LogP contribution < -0.4 is 5.32 Å². The molecule has 1 heterocycles.